The highest BCUT2D eigenvalue weighted by Gasteiger charge is 2.18. The number of aromatic nitrogens is 2. The summed E-state index contributed by atoms with van der Waals surface area (Å²) in [5.41, 5.74) is 0.580. The van der Waals surface area contributed by atoms with Gasteiger partial charge in [-0.25, -0.2) is 4.98 Å². The first-order valence-corrected chi connectivity index (χ1v) is 8.57. The summed E-state index contributed by atoms with van der Waals surface area (Å²) in [5.74, 6) is 0.460. The lowest BCUT2D eigenvalue weighted by Crippen LogP contribution is -2.39. The molecule has 1 fully saturated rings. The topological polar surface area (TPSA) is 105 Å². The van der Waals surface area contributed by atoms with E-state index in [1.54, 1.807) is 24.3 Å². The van der Waals surface area contributed by atoms with Crippen molar-refractivity contribution in [2.24, 2.45) is 0 Å². The largest absolute Gasteiger partial charge is 0.379 e. The van der Waals surface area contributed by atoms with Gasteiger partial charge in [-0.2, -0.15) is 4.98 Å². The first-order chi connectivity index (χ1) is 12.6. The van der Waals surface area contributed by atoms with E-state index >= 15 is 0 Å². The Morgan fingerprint density at radius 2 is 2.00 bits per heavy atom. The van der Waals surface area contributed by atoms with Crippen molar-refractivity contribution in [3.63, 3.8) is 0 Å². The fourth-order valence-corrected chi connectivity index (χ4v) is 2.64. The molecule has 1 aromatic carbocycles. The van der Waals surface area contributed by atoms with Crippen molar-refractivity contribution in [3.8, 4) is 0 Å². The van der Waals surface area contributed by atoms with Crippen molar-refractivity contribution in [1.82, 2.24) is 14.9 Å². The van der Waals surface area contributed by atoms with Gasteiger partial charge in [-0.15, -0.1) is 0 Å². The Balaban J connectivity index is 1.67. The molecule has 0 saturated carbocycles. The standard InChI is InChI=1S/C16H19ClN6O3/c17-12-1-3-13(4-2-12)20-16-19-11-14(23(24)25)15(21-16)18-5-6-22-7-9-26-10-8-22/h1-4,11H,5-10H2,(H2,18,19,20,21). The summed E-state index contributed by atoms with van der Waals surface area (Å²) in [6.45, 7) is 4.43. The van der Waals surface area contributed by atoms with Crippen molar-refractivity contribution >= 4 is 34.7 Å². The zero-order chi connectivity index (χ0) is 18.4. The van der Waals surface area contributed by atoms with Gasteiger partial charge in [0.25, 0.3) is 0 Å². The zero-order valence-electron chi connectivity index (χ0n) is 14.0. The van der Waals surface area contributed by atoms with Crippen LogP contribution < -0.4 is 10.6 Å². The summed E-state index contributed by atoms with van der Waals surface area (Å²) < 4.78 is 5.31. The van der Waals surface area contributed by atoms with Crippen LogP contribution in [0, 0.1) is 10.1 Å². The SMILES string of the molecule is O=[N+]([O-])c1cnc(Nc2ccc(Cl)cc2)nc1NCCN1CCOCC1. The number of morpholine rings is 1. The Kier molecular flexibility index (Phi) is 6.16. The third-order valence-corrected chi connectivity index (χ3v) is 4.14. The average Bonchev–Trinajstić information content (AvgIpc) is 2.64. The second-order valence-electron chi connectivity index (χ2n) is 5.70. The molecule has 10 heteroatoms. The van der Waals surface area contributed by atoms with Crippen LogP contribution >= 0.6 is 11.6 Å². The normalized spacial score (nSPS) is 14.8. The van der Waals surface area contributed by atoms with Gasteiger partial charge in [-0.3, -0.25) is 15.0 Å². The van der Waals surface area contributed by atoms with Crippen molar-refractivity contribution in [3.05, 3.63) is 45.6 Å². The maximum Gasteiger partial charge on any atom is 0.329 e. The third kappa shape index (κ3) is 5.01. The second-order valence-corrected chi connectivity index (χ2v) is 6.13. The first-order valence-electron chi connectivity index (χ1n) is 8.20. The van der Waals surface area contributed by atoms with Gasteiger partial charge in [0.05, 0.1) is 18.1 Å². The van der Waals surface area contributed by atoms with Gasteiger partial charge in [-0.1, -0.05) is 11.6 Å². The smallest absolute Gasteiger partial charge is 0.329 e. The van der Waals surface area contributed by atoms with Crippen LogP contribution in [0.25, 0.3) is 0 Å². The fraction of sp³-hybridized carbons (Fsp3) is 0.375. The molecule has 1 aliphatic heterocycles. The molecule has 0 bridgehead atoms. The van der Waals surface area contributed by atoms with E-state index in [1.807, 2.05) is 0 Å². The van der Waals surface area contributed by atoms with Gasteiger partial charge in [0, 0.05) is 36.9 Å². The molecule has 2 N–H and O–H groups in total. The highest BCUT2D eigenvalue weighted by molar-refractivity contribution is 6.30. The molecule has 0 amide bonds. The van der Waals surface area contributed by atoms with Crippen LogP contribution in [0.5, 0.6) is 0 Å². The molecule has 0 radical (unpaired) electrons. The van der Waals surface area contributed by atoms with Crippen LogP contribution in [0.4, 0.5) is 23.1 Å². The molecule has 0 aliphatic carbocycles. The van der Waals surface area contributed by atoms with E-state index < -0.39 is 4.92 Å². The minimum absolute atomic E-state index is 0.159. The minimum atomic E-state index is -0.497. The number of hydrogen-bond donors (Lipinski definition) is 2. The number of anilines is 3. The average molecular weight is 379 g/mol. The van der Waals surface area contributed by atoms with Crippen molar-refractivity contribution < 1.29 is 9.66 Å². The van der Waals surface area contributed by atoms with Crippen LogP contribution in [-0.2, 0) is 4.74 Å². The summed E-state index contributed by atoms with van der Waals surface area (Å²) in [6, 6.07) is 7.02. The van der Waals surface area contributed by atoms with Crippen molar-refractivity contribution in [2.75, 3.05) is 50.0 Å². The highest BCUT2D eigenvalue weighted by atomic mass is 35.5. The fourth-order valence-electron chi connectivity index (χ4n) is 2.52. The number of nitrogens with one attached hydrogen (secondary N) is 2. The van der Waals surface area contributed by atoms with Gasteiger partial charge in [0.1, 0.15) is 6.20 Å². The van der Waals surface area contributed by atoms with E-state index in [-0.39, 0.29) is 17.5 Å². The van der Waals surface area contributed by atoms with E-state index in [9.17, 15) is 10.1 Å². The van der Waals surface area contributed by atoms with Crippen LogP contribution in [0.1, 0.15) is 0 Å². The Morgan fingerprint density at radius 3 is 2.69 bits per heavy atom. The maximum atomic E-state index is 11.2. The number of ether oxygens (including phenoxy) is 1. The molecule has 138 valence electrons. The van der Waals surface area contributed by atoms with Crippen LogP contribution in [0.3, 0.4) is 0 Å². The Labute approximate surface area is 155 Å². The molecule has 3 rings (SSSR count). The Bertz CT molecular complexity index is 752. The third-order valence-electron chi connectivity index (χ3n) is 3.89. The van der Waals surface area contributed by atoms with Crippen molar-refractivity contribution in [2.45, 2.75) is 0 Å². The molecule has 9 nitrogen and oxygen atoms in total. The van der Waals surface area contributed by atoms with Gasteiger partial charge < -0.3 is 15.4 Å². The van der Waals surface area contributed by atoms with Crippen LogP contribution in [0.2, 0.25) is 5.02 Å². The predicted molar refractivity (Wildman–Crippen MR) is 99.2 cm³/mol. The van der Waals surface area contributed by atoms with E-state index in [2.05, 4.69) is 25.5 Å². The summed E-state index contributed by atoms with van der Waals surface area (Å²) >= 11 is 5.86. The lowest BCUT2D eigenvalue weighted by molar-refractivity contribution is -0.384. The van der Waals surface area contributed by atoms with Gasteiger partial charge >= 0.3 is 5.69 Å². The predicted octanol–water partition coefficient (Wildman–Crippen LogP) is 2.53. The van der Waals surface area contributed by atoms with Gasteiger partial charge in [0.2, 0.25) is 11.8 Å². The molecule has 2 aromatic rings. The monoisotopic (exact) mass is 378 g/mol. The van der Waals surface area contributed by atoms with Crippen LogP contribution in [0.15, 0.2) is 30.5 Å². The number of halogens is 1. The molecule has 1 aliphatic rings. The van der Waals surface area contributed by atoms with Crippen LogP contribution in [-0.4, -0.2) is 59.2 Å². The quantitative estimate of drug-likeness (QED) is 0.559. The lowest BCUT2D eigenvalue weighted by Gasteiger charge is -2.26. The molecule has 2 heterocycles. The minimum Gasteiger partial charge on any atom is -0.379 e. The summed E-state index contributed by atoms with van der Waals surface area (Å²) in [6.07, 6.45) is 1.20. The van der Waals surface area contributed by atoms with E-state index in [1.165, 1.54) is 6.20 Å². The second kappa shape index (κ2) is 8.75. The molecule has 0 atom stereocenters. The number of benzene rings is 1. The molecule has 26 heavy (non-hydrogen) atoms. The maximum absolute atomic E-state index is 11.2. The number of nitro groups is 1. The first kappa shape index (κ1) is 18.3. The Hall–Kier alpha value is -2.49. The molecule has 1 saturated heterocycles. The lowest BCUT2D eigenvalue weighted by atomic mass is 10.3. The number of rotatable bonds is 7. The highest BCUT2D eigenvalue weighted by Crippen LogP contribution is 2.24. The number of nitrogens with zero attached hydrogens (tertiary/aromatic N) is 4. The molecule has 1 aromatic heterocycles. The summed E-state index contributed by atoms with van der Waals surface area (Å²) in [7, 11) is 0. The van der Waals surface area contributed by atoms with Gasteiger partial charge in [0.15, 0.2) is 0 Å². The van der Waals surface area contributed by atoms with E-state index in [0.29, 0.717) is 24.8 Å². The van der Waals surface area contributed by atoms with Gasteiger partial charge in [-0.05, 0) is 24.3 Å². The summed E-state index contributed by atoms with van der Waals surface area (Å²) in [5, 5.41) is 17.9. The number of hydrogen-bond acceptors (Lipinski definition) is 8. The molecular formula is C16H19ClN6O3. The van der Waals surface area contributed by atoms with Crippen molar-refractivity contribution in [1.29, 1.82) is 0 Å². The summed E-state index contributed by atoms with van der Waals surface area (Å²) in [4.78, 5) is 21.2. The Morgan fingerprint density at radius 1 is 1.27 bits per heavy atom. The molecule has 0 unspecified atom stereocenters. The zero-order valence-corrected chi connectivity index (χ0v) is 14.8. The van der Waals surface area contributed by atoms with E-state index in [0.717, 1.165) is 25.3 Å². The molecule has 0 spiro atoms. The van der Waals surface area contributed by atoms with E-state index in [4.69, 9.17) is 16.3 Å². The molecular weight excluding hydrogens is 360 g/mol.